The quantitative estimate of drug-likeness (QED) is 0.629. The second-order valence-electron chi connectivity index (χ2n) is 4.61. The fourth-order valence-corrected chi connectivity index (χ4v) is 1.71. The van der Waals surface area contributed by atoms with Gasteiger partial charge in [0.2, 0.25) is 0 Å². The molecule has 0 spiro atoms. The minimum absolute atomic E-state index is 0.194. The number of esters is 1. The van der Waals surface area contributed by atoms with E-state index < -0.39 is 0 Å². The molecular weight excluding hydrogens is 244 g/mol. The van der Waals surface area contributed by atoms with E-state index in [1.165, 1.54) is 7.11 Å². The number of rotatable bonds is 6. The van der Waals surface area contributed by atoms with Crippen LogP contribution in [0.25, 0.3) is 0 Å². The summed E-state index contributed by atoms with van der Waals surface area (Å²) in [5.41, 5.74) is 7.50. The van der Waals surface area contributed by atoms with E-state index >= 15 is 0 Å². The van der Waals surface area contributed by atoms with Crippen molar-refractivity contribution in [2.45, 2.75) is 20.0 Å². The number of nitrogens with zero attached hydrogens (tertiary/aromatic N) is 1. The maximum absolute atomic E-state index is 11.7. The van der Waals surface area contributed by atoms with E-state index in [2.05, 4.69) is 0 Å². The molecule has 0 aromatic heterocycles. The Morgan fingerprint density at radius 2 is 2.11 bits per heavy atom. The maximum Gasteiger partial charge on any atom is 0.340 e. The number of hydrogen-bond donors (Lipinski definition) is 1. The van der Waals surface area contributed by atoms with Crippen LogP contribution in [-0.4, -0.2) is 39.4 Å². The average molecular weight is 266 g/mol. The van der Waals surface area contributed by atoms with Gasteiger partial charge >= 0.3 is 5.97 Å². The summed E-state index contributed by atoms with van der Waals surface area (Å²) in [6, 6.07) is 5.21. The number of nitrogen functional groups attached to an aromatic ring is 1. The van der Waals surface area contributed by atoms with Gasteiger partial charge in [-0.05, 0) is 32.0 Å². The zero-order chi connectivity index (χ0) is 14.4. The zero-order valence-corrected chi connectivity index (χ0v) is 12.0. The molecule has 0 atom stereocenters. The molecule has 19 heavy (non-hydrogen) atoms. The van der Waals surface area contributed by atoms with Crippen molar-refractivity contribution in [3.05, 3.63) is 23.8 Å². The van der Waals surface area contributed by atoms with Crippen LogP contribution in [0.1, 0.15) is 24.2 Å². The highest BCUT2D eigenvalue weighted by atomic mass is 16.5. The van der Waals surface area contributed by atoms with Gasteiger partial charge in [-0.2, -0.15) is 0 Å². The van der Waals surface area contributed by atoms with Crippen LogP contribution >= 0.6 is 0 Å². The van der Waals surface area contributed by atoms with Crippen LogP contribution in [0, 0.1) is 0 Å². The van der Waals surface area contributed by atoms with Crippen molar-refractivity contribution in [2.24, 2.45) is 0 Å². The molecule has 0 saturated heterocycles. The first kappa shape index (κ1) is 15.3. The molecule has 5 nitrogen and oxygen atoms in total. The first-order chi connectivity index (χ1) is 8.95. The first-order valence-corrected chi connectivity index (χ1v) is 6.26. The third kappa shape index (κ3) is 4.44. The molecule has 0 heterocycles. The highest BCUT2D eigenvalue weighted by Crippen LogP contribution is 2.23. The van der Waals surface area contributed by atoms with Gasteiger partial charge in [-0.15, -0.1) is 0 Å². The molecule has 5 heteroatoms. The lowest BCUT2D eigenvalue weighted by molar-refractivity contribution is 0.0600. The Balaban J connectivity index is 2.83. The monoisotopic (exact) mass is 266 g/mol. The van der Waals surface area contributed by atoms with Gasteiger partial charge in [0.15, 0.2) is 0 Å². The summed E-state index contributed by atoms with van der Waals surface area (Å²) in [6.45, 7) is 5.26. The molecule has 0 aliphatic heterocycles. The highest BCUT2D eigenvalue weighted by molar-refractivity contribution is 5.96. The van der Waals surface area contributed by atoms with E-state index in [1.54, 1.807) is 12.1 Å². The lowest BCUT2D eigenvalue weighted by atomic mass is 10.1. The van der Waals surface area contributed by atoms with Gasteiger partial charge in [0.1, 0.15) is 0 Å². The van der Waals surface area contributed by atoms with E-state index in [-0.39, 0.29) is 12.1 Å². The van der Waals surface area contributed by atoms with Gasteiger partial charge in [0.25, 0.3) is 0 Å². The zero-order valence-electron chi connectivity index (χ0n) is 12.0. The molecule has 1 aromatic carbocycles. The van der Waals surface area contributed by atoms with Crippen molar-refractivity contribution in [1.29, 1.82) is 0 Å². The molecule has 0 unspecified atom stereocenters. The van der Waals surface area contributed by atoms with Gasteiger partial charge in [0, 0.05) is 19.3 Å². The Morgan fingerprint density at radius 3 is 2.68 bits per heavy atom. The molecule has 2 N–H and O–H groups in total. The van der Waals surface area contributed by atoms with Crippen molar-refractivity contribution < 1.29 is 14.3 Å². The minimum Gasteiger partial charge on any atom is -0.465 e. The Morgan fingerprint density at radius 1 is 1.42 bits per heavy atom. The molecule has 0 aliphatic carbocycles. The Bertz CT molecular complexity index is 433. The summed E-state index contributed by atoms with van der Waals surface area (Å²) in [5.74, 6) is -0.390. The summed E-state index contributed by atoms with van der Waals surface area (Å²) in [5, 5.41) is 0. The summed E-state index contributed by atoms with van der Waals surface area (Å²) in [4.78, 5) is 13.7. The number of ether oxygens (including phenoxy) is 2. The summed E-state index contributed by atoms with van der Waals surface area (Å²) in [6.07, 6.45) is 0.194. The van der Waals surface area contributed by atoms with E-state index in [1.807, 2.05) is 31.9 Å². The predicted molar refractivity (Wildman–Crippen MR) is 76.6 cm³/mol. The molecular formula is C14H22N2O3. The molecule has 0 amide bonds. The van der Waals surface area contributed by atoms with Crippen molar-refractivity contribution in [1.82, 2.24) is 0 Å². The van der Waals surface area contributed by atoms with Gasteiger partial charge < -0.3 is 20.1 Å². The lowest BCUT2D eigenvalue weighted by Gasteiger charge is -2.22. The fraction of sp³-hybridized carbons (Fsp3) is 0.500. The van der Waals surface area contributed by atoms with Gasteiger partial charge in [-0.1, -0.05) is 0 Å². The standard InChI is InChI=1S/C14H22N2O3/c1-10(2)19-8-7-16(3)13-6-5-11(15)9-12(13)14(17)18-4/h5-6,9-10H,7-8,15H2,1-4H3. The Hall–Kier alpha value is -1.75. The number of nitrogens with two attached hydrogens (primary N) is 1. The maximum atomic E-state index is 11.7. The molecule has 0 bridgehead atoms. The van der Waals surface area contributed by atoms with Crippen LogP contribution in [0.4, 0.5) is 11.4 Å². The Kier molecular flexibility index (Phi) is 5.63. The second-order valence-corrected chi connectivity index (χ2v) is 4.61. The van der Waals surface area contributed by atoms with Gasteiger partial charge in [-0.3, -0.25) is 0 Å². The Labute approximate surface area is 114 Å². The topological polar surface area (TPSA) is 64.8 Å². The molecule has 0 radical (unpaired) electrons. The molecule has 1 aromatic rings. The number of anilines is 2. The fourth-order valence-electron chi connectivity index (χ4n) is 1.71. The SMILES string of the molecule is COC(=O)c1cc(N)ccc1N(C)CCOC(C)C. The smallest absolute Gasteiger partial charge is 0.340 e. The molecule has 0 aliphatic rings. The third-order valence-electron chi connectivity index (χ3n) is 2.72. The number of carbonyl (C=O) groups is 1. The van der Waals surface area contributed by atoms with E-state index in [0.29, 0.717) is 24.4 Å². The molecule has 106 valence electrons. The second kappa shape index (κ2) is 6.99. The van der Waals surface area contributed by atoms with Crippen molar-refractivity contribution in [3.63, 3.8) is 0 Å². The molecule has 0 fully saturated rings. The van der Waals surface area contributed by atoms with E-state index in [4.69, 9.17) is 15.2 Å². The predicted octanol–water partition coefficient (Wildman–Crippen LogP) is 1.92. The molecule has 1 rings (SSSR count). The number of benzene rings is 1. The number of hydrogen-bond acceptors (Lipinski definition) is 5. The van der Waals surface area contributed by atoms with Crippen LogP contribution in [0.3, 0.4) is 0 Å². The van der Waals surface area contributed by atoms with E-state index in [0.717, 1.165) is 5.69 Å². The van der Waals surface area contributed by atoms with Crippen LogP contribution in [0.2, 0.25) is 0 Å². The van der Waals surface area contributed by atoms with Gasteiger partial charge in [0.05, 0.1) is 31.1 Å². The minimum atomic E-state index is -0.390. The van der Waals surface area contributed by atoms with Crippen molar-refractivity contribution in [2.75, 3.05) is 37.9 Å². The lowest BCUT2D eigenvalue weighted by Crippen LogP contribution is -2.25. The van der Waals surface area contributed by atoms with Crippen LogP contribution in [-0.2, 0) is 9.47 Å². The van der Waals surface area contributed by atoms with Gasteiger partial charge in [-0.25, -0.2) is 4.79 Å². The third-order valence-corrected chi connectivity index (χ3v) is 2.72. The number of carbonyl (C=O) groups excluding carboxylic acids is 1. The van der Waals surface area contributed by atoms with Crippen LogP contribution < -0.4 is 10.6 Å². The summed E-state index contributed by atoms with van der Waals surface area (Å²) < 4.78 is 10.3. The van der Waals surface area contributed by atoms with E-state index in [9.17, 15) is 4.79 Å². The summed E-state index contributed by atoms with van der Waals surface area (Å²) in [7, 11) is 3.26. The first-order valence-electron chi connectivity index (χ1n) is 6.26. The van der Waals surface area contributed by atoms with Crippen LogP contribution in [0.15, 0.2) is 18.2 Å². The largest absolute Gasteiger partial charge is 0.465 e. The number of likely N-dealkylation sites (N-methyl/N-ethyl adjacent to an activating group) is 1. The molecule has 0 saturated carbocycles. The normalized spacial score (nSPS) is 10.6. The van der Waals surface area contributed by atoms with Crippen molar-refractivity contribution >= 4 is 17.3 Å². The summed E-state index contributed by atoms with van der Waals surface area (Å²) >= 11 is 0. The van der Waals surface area contributed by atoms with Crippen molar-refractivity contribution in [3.8, 4) is 0 Å². The van der Waals surface area contributed by atoms with Crippen LogP contribution in [0.5, 0.6) is 0 Å². The average Bonchev–Trinajstić information content (AvgIpc) is 2.37. The number of methoxy groups -OCH3 is 1. The highest BCUT2D eigenvalue weighted by Gasteiger charge is 2.15.